The third-order valence-corrected chi connectivity index (χ3v) is 2.11. The molecule has 1 atom stereocenters. The lowest BCUT2D eigenvalue weighted by Gasteiger charge is -2.14. The summed E-state index contributed by atoms with van der Waals surface area (Å²) in [6.45, 7) is 0. The zero-order chi connectivity index (χ0) is 12.3. The second-order valence-electron chi connectivity index (χ2n) is 3.40. The lowest BCUT2D eigenvalue weighted by atomic mass is 10.0. The number of hydrogen-bond acceptors (Lipinski definition) is 1. The maximum Gasteiger partial charge on any atom is 0.389 e. The zero-order valence-corrected chi connectivity index (χ0v) is 8.19. The number of benzene rings is 1. The van der Waals surface area contributed by atoms with Crippen LogP contribution < -0.4 is 5.73 Å². The molecule has 0 amide bonds. The van der Waals surface area contributed by atoms with Crippen molar-refractivity contribution >= 4 is 0 Å². The third-order valence-electron chi connectivity index (χ3n) is 2.11. The van der Waals surface area contributed by atoms with Crippen molar-refractivity contribution in [3.8, 4) is 0 Å². The summed E-state index contributed by atoms with van der Waals surface area (Å²) < 4.78 is 61.9. The molecule has 0 aliphatic heterocycles. The van der Waals surface area contributed by atoms with Gasteiger partial charge in [-0.3, -0.25) is 0 Å². The maximum atomic E-state index is 13.1. The Labute approximate surface area is 89.1 Å². The fourth-order valence-electron chi connectivity index (χ4n) is 1.33. The van der Waals surface area contributed by atoms with E-state index >= 15 is 0 Å². The van der Waals surface area contributed by atoms with Gasteiger partial charge in [0.2, 0.25) is 0 Å². The van der Waals surface area contributed by atoms with Crippen LogP contribution in [0.1, 0.15) is 24.4 Å². The largest absolute Gasteiger partial charge is 0.389 e. The lowest BCUT2D eigenvalue weighted by Crippen LogP contribution is -2.18. The zero-order valence-electron chi connectivity index (χ0n) is 8.19. The molecule has 0 aliphatic rings. The predicted molar refractivity (Wildman–Crippen MR) is 48.6 cm³/mol. The van der Waals surface area contributed by atoms with E-state index in [1.54, 1.807) is 0 Å². The molecule has 2 N–H and O–H groups in total. The molecule has 1 aromatic carbocycles. The van der Waals surface area contributed by atoms with Crippen LogP contribution in [0, 0.1) is 11.6 Å². The minimum absolute atomic E-state index is 0.494. The maximum absolute atomic E-state index is 13.1. The van der Waals surface area contributed by atoms with Crippen molar-refractivity contribution < 1.29 is 22.0 Å². The van der Waals surface area contributed by atoms with E-state index in [2.05, 4.69) is 0 Å². The van der Waals surface area contributed by atoms with Gasteiger partial charge in [-0.05, 0) is 18.6 Å². The smallest absolute Gasteiger partial charge is 0.324 e. The Morgan fingerprint density at radius 1 is 1.12 bits per heavy atom. The van der Waals surface area contributed by atoms with Crippen molar-refractivity contribution in [2.45, 2.75) is 25.1 Å². The number of hydrogen-bond donors (Lipinski definition) is 1. The highest BCUT2D eigenvalue weighted by Crippen LogP contribution is 2.28. The number of rotatable bonds is 3. The first-order valence-corrected chi connectivity index (χ1v) is 4.57. The van der Waals surface area contributed by atoms with Crippen LogP contribution in [-0.2, 0) is 0 Å². The molecule has 0 radical (unpaired) electrons. The highest BCUT2D eigenvalue weighted by atomic mass is 19.4. The predicted octanol–water partition coefficient (Wildman–Crippen LogP) is 3.31. The molecule has 0 spiro atoms. The first-order chi connectivity index (χ1) is 7.31. The summed E-state index contributed by atoms with van der Waals surface area (Å²) in [5, 5.41) is 0. The molecule has 16 heavy (non-hydrogen) atoms. The van der Waals surface area contributed by atoms with Crippen molar-refractivity contribution in [1.29, 1.82) is 0 Å². The number of nitrogens with two attached hydrogens (primary N) is 1. The van der Waals surface area contributed by atoms with Gasteiger partial charge in [-0.15, -0.1) is 0 Å². The summed E-state index contributed by atoms with van der Waals surface area (Å²) in [7, 11) is 0. The minimum Gasteiger partial charge on any atom is -0.324 e. The summed E-state index contributed by atoms with van der Waals surface area (Å²) in [6, 6.07) is 1.77. The molecule has 1 aromatic rings. The van der Waals surface area contributed by atoms with E-state index in [0.29, 0.717) is 0 Å². The molecule has 0 saturated heterocycles. The van der Waals surface area contributed by atoms with Crippen molar-refractivity contribution in [2.24, 2.45) is 5.73 Å². The van der Waals surface area contributed by atoms with Crippen LogP contribution in [0.25, 0.3) is 0 Å². The van der Waals surface area contributed by atoms with Gasteiger partial charge in [-0.25, -0.2) is 8.78 Å². The van der Waals surface area contributed by atoms with Crippen molar-refractivity contribution in [3.05, 3.63) is 35.4 Å². The molecule has 0 bridgehead atoms. The first-order valence-electron chi connectivity index (χ1n) is 4.57. The Balaban J connectivity index is 2.77. The fraction of sp³-hybridized carbons (Fsp3) is 0.400. The molecular formula is C10H10F5N. The third kappa shape index (κ3) is 3.44. The van der Waals surface area contributed by atoms with Crippen LogP contribution in [0.15, 0.2) is 18.2 Å². The molecule has 0 fully saturated rings. The Kier molecular flexibility index (Phi) is 3.85. The second kappa shape index (κ2) is 4.78. The highest BCUT2D eigenvalue weighted by molar-refractivity contribution is 5.22. The average Bonchev–Trinajstić information content (AvgIpc) is 2.13. The summed E-state index contributed by atoms with van der Waals surface area (Å²) in [5.41, 5.74) is 4.83. The van der Waals surface area contributed by atoms with Gasteiger partial charge in [-0.1, -0.05) is 6.07 Å². The van der Waals surface area contributed by atoms with Crippen LogP contribution in [-0.4, -0.2) is 6.18 Å². The Hall–Kier alpha value is -1.17. The molecule has 0 saturated carbocycles. The van der Waals surface area contributed by atoms with Crippen LogP contribution in [0.5, 0.6) is 0 Å². The second-order valence-corrected chi connectivity index (χ2v) is 3.40. The molecule has 1 nitrogen and oxygen atoms in total. The molecule has 0 heterocycles. The summed E-state index contributed by atoms with van der Waals surface area (Å²) in [6.07, 6.45) is -6.08. The summed E-state index contributed by atoms with van der Waals surface area (Å²) >= 11 is 0. The quantitative estimate of drug-likeness (QED) is 0.804. The summed E-state index contributed by atoms with van der Waals surface area (Å²) in [5.74, 6) is -1.84. The van der Waals surface area contributed by atoms with Gasteiger partial charge in [0, 0.05) is 18.0 Å². The van der Waals surface area contributed by atoms with E-state index in [-0.39, 0.29) is 0 Å². The molecule has 1 rings (SSSR count). The van der Waals surface area contributed by atoms with E-state index in [0.717, 1.165) is 18.2 Å². The Morgan fingerprint density at radius 3 is 2.06 bits per heavy atom. The topological polar surface area (TPSA) is 26.0 Å². The van der Waals surface area contributed by atoms with E-state index in [1.165, 1.54) is 0 Å². The molecule has 0 aliphatic carbocycles. The molecule has 1 unspecified atom stereocenters. The van der Waals surface area contributed by atoms with Gasteiger partial charge in [-0.2, -0.15) is 13.2 Å². The van der Waals surface area contributed by atoms with Crippen molar-refractivity contribution in [2.75, 3.05) is 0 Å². The van der Waals surface area contributed by atoms with Crippen LogP contribution in [0.4, 0.5) is 22.0 Å². The SMILES string of the molecule is NC(CCC(F)(F)F)c1c(F)cccc1F. The van der Waals surface area contributed by atoms with E-state index in [4.69, 9.17) is 5.73 Å². The van der Waals surface area contributed by atoms with E-state index in [1.807, 2.05) is 0 Å². The lowest BCUT2D eigenvalue weighted by molar-refractivity contribution is -0.136. The van der Waals surface area contributed by atoms with Gasteiger partial charge in [0.1, 0.15) is 11.6 Å². The van der Waals surface area contributed by atoms with E-state index in [9.17, 15) is 22.0 Å². The monoisotopic (exact) mass is 239 g/mol. The number of alkyl halides is 3. The summed E-state index contributed by atoms with van der Waals surface area (Å²) in [4.78, 5) is 0. The highest BCUT2D eigenvalue weighted by Gasteiger charge is 2.29. The van der Waals surface area contributed by atoms with Gasteiger partial charge in [0.15, 0.2) is 0 Å². The standard InChI is InChI=1S/C10H10F5N/c11-6-2-1-3-7(12)9(6)8(16)4-5-10(13,14)15/h1-3,8H,4-5,16H2. The fourth-order valence-corrected chi connectivity index (χ4v) is 1.33. The first kappa shape index (κ1) is 12.9. The van der Waals surface area contributed by atoms with E-state index < -0.39 is 42.3 Å². The van der Waals surface area contributed by atoms with Crippen molar-refractivity contribution in [3.63, 3.8) is 0 Å². The Morgan fingerprint density at radius 2 is 1.62 bits per heavy atom. The van der Waals surface area contributed by atoms with Crippen LogP contribution >= 0.6 is 0 Å². The molecule has 6 heteroatoms. The van der Waals surface area contributed by atoms with Gasteiger partial charge < -0.3 is 5.73 Å². The normalized spacial score (nSPS) is 13.9. The van der Waals surface area contributed by atoms with Crippen LogP contribution in [0.2, 0.25) is 0 Å². The molecule has 90 valence electrons. The Bertz CT molecular complexity index is 340. The van der Waals surface area contributed by atoms with Gasteiger partial charge in [0.25, 0.3) is 0 Å². The number of halogens is 5. The van der Waals surface area contributed by atoms with Crippen molar-refractivity contribution in [1.82, 2.24) is 0 Å². The van der Waals surface area contributed by atoms with Gasteiger partial charge >= 0.3 is 6.18 Å². The average molecular weight is 239 g/mol. The van der Waals surface area contributed by atoms with Gasteiger partial charge in [0.05, 0.1) is 0 Å². The van der Waals surface area contributed by atoms with Crippen LogP contribution in [0.3, 0.4) is 0 Å². The molecule has 0 aromatic heterocycles. The minimum atomic E-state index is -4.38. The molecular weight excluding hydrogens is 229 g/mol.